The van der Waals surface area contributed by atoms with E-state index in [1.54, 1.807) is 0 Å². The predicted molar refractivity (Wildman–Crippen MR) is 105 cm³/mol. The zero-order valence-electron chi connectivity index (χ0n) is 15.6. The molecule has 0 spiro atoms. The molecule has 0 aliphatic heterocycles. The molecule has 0 saturated carbocycles. The first-order chi connectivity index (χ1) is 12.0. The molecule has 0 aromatic heterocycles. The average molecular weight is 362 g/mol. The molecule has 2 aromatic rings. The second-order valence-electron chi connectivity index (χ2n) is 6.31. The number of halogens is 1. The Hall–Kier alpha value is -1.71. The van der Waals surface area contributed by atoms with E-state index in [0.717, 1.165) is 24.1 Å². The Morgan fingerprint density at radius 2 is 1.88 bits per heavy atom. The topological polar surface area (TPSA) is 30.5 Å². The van der Waals surface area contributed by atoms with Gasteiger partial charge in [-0.3, -0.25) is 0 Å². The van der Waals surface area contributed by atoms with Crippen LogP contribution in [-0.4, -0.2) is 12.6 Å². The highest BCUT2D eigenvalue weighted by molar-refractivity contribution is 6.32. The standard InChI is InChI=1S/C21H28ClNO2/c1-5-16(4)23-13-18-11-19(22)21(20(12-18)24-6-2)25-14-17-9-7-8-15(3)10-17/h7-12,16,23H,5-6,13-14H2,1-4H3. The normalized spacial score (nSPS) is 12.0. The first-order valence-corrected chi connectivity index (χ1v) is 9.28. The van der Waals surface area contributed by atoms with Gasteiger partial charge in [-0.2, -0.15) is 0 Å². The summed E-state index contributed by atoms with van der Waals surface area (Å²) in [5.41, 5.74) is 3.42. The molecule has 136 valence electrons. The van der Waals surface area contributed by atoms with Gasteiger partial charge in [0.2, 0.25) is 0 Å². The van der Waals surface area contributed by atoms with Crippen molar-refractivity contribution in [3.63, 3.8) is 0 Å². The van der Waals surface area contributed by atoms with Crippen LogP contribution in [0.15, 0.2) is 36.4 Å². The molecule has 0 radical (unpaired) electrons. The van der Waals surface area contributed by atoms with Crippen molar-refractivity contribution in [2.24, 2.45) is 0 Å². The lowest BCUT2D eigenvalue weighted by atomic mass is 10.1. The van der Waals surface area contributed by atoms with E-state index in [2.05, 4.69) is 38.2 Å². The Bertz CT molecular complexity index is 688. The average Bonchev–Trinajstić information content (AvgIpc) is 2.59. The smallest absolute Gasteiger partial charge is 0.180 e. The van der Waals surface area contributed by atoms with Crippen LogP contribution in [0.1, 0.15) is 43.9 Å². The van der Waals surface area contributed by atoms with Gasteiger partial charge in [-0.15, -0.1) is 0 Å². The van der Waals surface area contributed by atoms with E-state index < -0.39 is 0 Å². The van der Waals surface area contributed by atoms with Gasteiger partial charge < -0.3 is 14.8 Å². The van der Waals surface area contributed by atoms with Crippen LogP contribution in [0, 0.1) is 6.92 Å². The fourth-order valence-electron chi connectivity index (χ4n) is 2.52. The number of benzene rings is 2. The minimum atomic E-state index is 0.464. The van der Waals surface area contributed by atoms with Crippen LogP contribution < -0.4 is 14.8 Å². The monoisotopic (exact) mass is 361 g/mol. The molecule has 0 fully saturated rings. The highest BCUT2D eigenvalue weighted by Gasteiger charge is 2.13. The number of ether oxygens (including phenoxy) is 2. The second kappa shape index (κ2) is 9.69. The van der Waals surface area contributed by atoms with Crippen LogP contribution in [0.2, 0.25) is 5.02 Å². The molecule has 2 rings (SSSR count). The van der Waals surface area contributed by atoms with E-state index >= 15 is 0 Å². The Kier molecular flexibility index (Phi) is 7.60. The van der Waals surface area contributed by atoms with Crippen molar-refractivity contribution in [1.82, 2.24) is 5.32 Å². The molecule has 0 heterocycles. The molecule has 0 amide bonds. The predicted octanol–water partition coefficient (Wildman–Crippen LogP) is 5.51. The second-order valence-corrected chi connectivity index (χ2v) is 6.71. The fourth-order valence-corrected chi connectivity index (χ4v) is 2.81. The summed E-state index contributed by atoms with van der Waals surface area (Å²) in [5, 5.41) is 4.06. The third kappa shape index (κ3) is 5.94. The third-order valence-electron chi connectivity index (χ3n) is 4.10. The van der Waals surface area contributed by atoms with E-state index in [4.69, 9.17) is 21.1 Å². The maximum absolute atomic E-state index is 6.48. The summed E-state index contributed by atoms with van der Waals surface area (Å²) >= 11 is 6.48. The highest BCUT2D eigenvalue weighted by atomic mass is 35.5. The van der Waals surface area contributed by atoms with Crippen LogP contribution in [0.3, 0.4) is 0 Å². The van der Waals surface area contributed by atoms with Gasteiger partial charge in [0.1, 0.15) is 6.61 Å². The maximum atomic E-state index is 6.48. The van der Waals surface area contributed by atoms with Crippen LogP contribution in [-0.2, 0) is 13.2 Å². The van der Waals surface area contributed by atoms with Gasteiger partial charge in [-0.25, -0.2) is 0 Å². The molecule has 3 nitrogen and oxygen atoms in total. The quantitative estimate of drug-likeness (QED) is 0.638. The number of nitrogens with one attached hydrogen (secondary N) is 1. The molecular formula is C21H28ClNO2. The van der Waals surface area contributed by atoms with Crippen LogP contribution in [0.25, 0.3) is 0 Å². The first-order valence-electron chi connectivity index (χ1n) is 8.90. The maximum Gasteiger partial charge on any atom is 0.180 e. The summed E-state index contributed by atoms with van der Waals surface area (Å²) in [7, 11) is 0. The summed E-state index contributed by atoms with van der Waals surface area (Å²) in [6.45, 7) is 10.2. The van der Waals surface area contributed by atoms with Crippen molar-refractivity contribution in [3.05, 3.63) is 58.1 Å². The summed E-state index contributed by atoms with van der Waals surface area (Å²) in [4.78, 5) is 0. The first kappa shape index (κ1) is 19.6. The van der Waals surface area contributed by atoms with Gasteiger partial charge in [0.25, 0.3) is 0 Å². The van der Waals surface area contributed by atoms with Crippen molar-refractivity contribution < 1.29 is 9.47 Å². The van der Waals surface area contributed by atoms with E-state index in [1.165, 1.54) is 5.56 Å². The largest absolute Gasteiger partial charge is 0.490 e. The van der Waals surface area contributed by atoms with Crippen molar-refractivity contribution in [2.75, 3.05) is 6.61 Å². The van der Waals surface area contributed by atoms with E-state index in [-0.39, 0.29) is 0 Å². The Morgan fingerprint density at radius 3 is 2.56 bits per heavy atom. The number of hydrogen-bond donors (Lipinski definition) is 1. The zero-order chi connectivity index (χ0) is 18.2. The van der Waals surface area contributed by atoms with Gasteiger partial charge in [-0.05, 0) is 50.5 Å². The molecule has 0 aliphatic rings. The summed E-state index contributed by atoms with van der Waals surface area (Å²) < 4.78 is 11.8. The van der Waals surface area contributed by atoms with E-state index in [1.807, 2.05) is 31.2 Å². The third-order valence-corrected chi connectivity index (χ3v) is 4.38. The SMILES string of the molecule is CCOc1cc(CNC(C)CC)cc(Cl)c1OCc1cccc(C)c1. The number of hydrogen-bond acceptors (Lipinski definition) is 3. The molecule has 0 bridgehead atoms. The lowest BCUT2D eigenvalue weighted by molar-refractivity contribution is 0.269. The molecule has 4 heteroatoms. The Balaban J connectivity index is 2.15. The van der Waals surface area contributed by atoms with E-state index in [0.29, 0.717) is 35.8 Å². The molecule has 1 unspecified atom stereocenters. The fraction of sp³-hybridized carbons (Fsp3) is 0.429. The molecule has 1 atom stereocenters. The zero-order valence-corrected chi connectivity index (χ0v) is 16.3. The Morgan fingerprint density at radius 1 is 1.08 bits per heavy atom. The lowest BCUT2D eigenvalue weighted by Gasteiger charge is -2.17. The van der Waals surface area contributed by atoms with Crippen LogP contribution in [0.5, 0.6) is 11.5 Å². The Labute approximate surface area is 156 Å². The van der Waals surface area contributed by atoms with Gasteiger partial charge in [0.15, 0.2) is 11.5 Å². The molecule has 0 saturated heterocycles. The number of aryl methyl sites for hydroxylation is 1. The molecular weight excluding hydrogens is 334 g/mol. The summed E-state index contributed by atoms with van der Waals surface area (Å²) in [6, 6.07) is 12.7. The number of rotatable bonds is 9. The molecule has 1 N–H and O–H groups in total. The van der Waals surface area contributed by atoms with Crippen molar-refractivity contribution in [2.45, 2.75) is 53.3 Å². The van der Waals surface area contributed by atoms with Gasteiger partial charge in [0.05, 0.1) is 11.6 Å². The molecule has 0 aliphatic carbocycles. The van der Waals surface area contributed by atoms with Crippen molar-refractivity contribution in [3.8, 4) is 11.5 Å². The highest BCUT2D eigenvalue weighted by Crippen LogP contribution is 2.37. The van der Waals surface area contributed by atoms with Gasteiger partial charge in [0, 0.05) is 12.6 Å². The molecule has 25 heavy (non-hydrogen) atoms. The summed E-state index contributed by atoms with van der Waals surface area (Å²) in [5.74, 6) is 1.31. The van der Waals surface area contributed by atoms with Crippen LogP contribution >= 0.6 is 11.6 Å². The van der Waals surface area contributed by atoms with Gasteiger partial charge >= 0.3 is 0 Å². The van der Waals surface area contributed by atoms with E-state index in [9.17, 15) is 0 Å². The van der Waals surface area contributed by atoms with Gasteiger partial charge in [-0.1, -0.05) is 48.4 Å². The minimum Gasteiger partial charge on any atom is -0.490 e. The van der Waals surface area contributed by atoms with Crippen molar-refractivity contribution in [1.29, 1.82) is 0 Å². The van der Waals surface area contributed by atoms with Crippen molar-refractivity contribution >= 4 is 11.6 Å². The minimum absolute atomic E-state index is 0.464. The lowest BCUT2D eigenvalue weighted by Crippen LogP contribution is -2.24. The van der Waals surface area contributed by atoms with Crippen LogP contribution in [0.4, 0.5) is 0 Å². The molecule has 2 aromatic carbocycles. The summed E-state index contributed by atoms with van der Waals surface area (Å²) in [6.07, 6.45) is 1.09.